The Bertz CT molecular complexity index is 1050. The molecule has 6 nitrogen and oxygen atoms in total. The van der Waals surface area contributed by atoms with Crippen molar-refractivity contribution in [2.24, 2.45) is 0 Å². The summed E-state index contributed by atoms with van der Waals surface area (Å²) in [5.41, 5.74) is 1.82. The number of hydrogen-bond donors (Lipinski definition) is 1. The summed E-state index contributed by atoms with van der Waals surface area (Å²) in [5, 5.41) is 14.8. The first-order chi connectivity index (χ1) is 10.8. The van der Waals surface area contributed by atoms with Crippen LogP contribution in [0.3, 0.4) is 0 Å². The zero-order valence-electron chi connectivity index (χ0n) is 12.5. The summed E-state index contributed by atoms with van der Waals surface area (Å²) in [6.45, 7) is 0. The van der Waals surface area contributed by atoms with E-state index >= 15 is 0 Å². The van der Waals surface area contributed by atoms with E-state index in [2.05, 4.69) is 20.6 Å². The number of fused-ring (bicyclic) bond motifs is 2. The van der Waals surface area contributed by atoms with E-state index in [-0.39, 0.29) is 35.0 Å². The van der Waals surface area contributed by atoms with E-state index in [9.17, 15) is 4.79 Å². The number of aromatic amines is 1. The Morgan fingerprint density at radius 3 is 2.70 bits per heavy atom. The van der Waals surface area contributed by atoms with Crippen LogP contribution in [0, 0.1) is 0 Å². The number of nitrogens with zero attached hydrogens (tertiary/aromatic N) is 3. The van der Waals surface area contributed by atoms with Crippen molar-refractivity contribution >= 4 is 63.3 Å². The van der Waals surface area contributed by atoms with Crippen molar-refractivity contribution < 1.29 is 4.42 Å². The first-order valence-corrected chi connectivity index (χ1v) is 7.77. The van der Waals surface area contributed by atoms with Gasteiger partial charge in [-0.05, 0) is 47.0 Å². The summed E-state index contributed by atoms with van der Waals surface area (Å²) in [6.07, 6.45) is 1.97. The number of benzene rings is 2. The average molecular weight is 333 g/mol. The smallest absolute Gasteiger partial charge is 0.200 e. The van der Waals surface area contributed by atoms with Crippen LogP contribution in [0.4, 0.5) is 0 Å². The van der Waals surface area contributed by atoms with Gasteiger partial charge in [-0.15, -0.1) is 16.9 Å². The van der Waals surface area contributed by atoms with Crippen LogP contribution in [-0.4, -0.2) is 56.4 Å². The molecule has 0 aliphatic rings. The number of thioether (sulfide) groups is 1. The Morgan fingerprint density at radius 1 is 1.09 bits per heavy atom. The summed E-state index contributed by atoms with van der Waals surface area (Å²) in [4.78, 5) is 13.7. The van der Waals surface area contributed by atoms with E-state index in [0.29, 0.717) is 27.8 Å². The van der Waals surface area contributed by atoms with Crippen LogP contribution < -0.4 is 5.43 Å². The van der Waals surface area contributed by atoms with E-state index in [1.165, 1.54) is 0 Å². The third-order valence-electron chi connectivity index (χ3n) is 3.50. The summed E-state index contributed by atoms with van der Waals surface area (Å²) in [7, 11) is 0. The van der Waals surface area contributed by atoms with Gasteiger partial charge in [0.05, 0.1) is 10.8 Å². The molecule has 0 atom stereocenters. The van der Waals surface area contributed by atoms with Crippen molar-refractivity contribution in [3.05, 3.63) is 46.6 Å². The molecule has 4 rings (SSSR count). The number of hydrogen-bond acceptors (Lipinski definition) is 6. The van der Waals surface area contributed by atoms with Crippen LogP contribution in [0.5, 0.6) is 0 Å². The van der Waals surface area contributed by atoms with Crippen molar-refractivity contribution in [1.82, 2.24) is 20.6 Å². The van der Waals surface area contributed by atoms with E-state index in [1.54, 1.807) is 30.0 Å². The van der Waals surface area contributed by atoms with Crippen LogP contribution in [0.25, 0.3) is 33.3 Å². The Morgan fingerprint density at radius 2 is 1.96 bits per heavy atom. The average Bonchev–Trinajstić information content (AvgIpc) is 3.09. The maximum atomic E-state index is 12.6. The van der Waals surface area contributed by atoms with Gasteiger partial charge in [-0.3, -0.25) is 4.79 Å². The summed E-state index contributed by atoms with van der Waals surface area (Å²) >= 11 is 1.59. The second kappa shape index (κ2) is 6.45. The second-order valence-electron chi connectivity index (χ2n) is 4.75. The summed E-state index contributed by atoms with van der Waals surface area (Å²) in [5.74, 6) is 0.530. The van der Waals surface area contributed by atoms with E-state index in [1.807, 2.05) is 24.5 Å². The van der Waals surface area contributed by atoms with Gasteiger partial charge in [-0.2, -0.15) is 0 Å². The van der Waals surface area contributed by atoms with Crippen LogP contribution in [-0.2, 0) is 0 Å². The topological polar surface area (TPSA) is 84.7 Å². The SMILES string of the molecule is CSc1ccc2oc3cc(-c4nnn[nH]4)ccc3c(=O)c2c1.[Na]. The molecule has 0 saturated carbocycles. The quantitative estimate of drug-likeness (QED) is 0.345. The minimum absolute atomic E-state index is 0. The Labute approximate surface area is 156 Å². The third-order valence-corrected chi connectivity index (χ3v) is 4.22. The Kier molecular flexibility index (Phi) is 4.54. The molecule has 0 bridgehead atoms. The first-order valence-electron chi connectivity index (χ1n) is 6.55. The molecular formula is C15H10N4NaO2S. The normalized spacial score (nSPS) is 10.8. The van der Waals surface area contributed by atoms with Crippen molar-refractivity contribution in [3.8, 4) is 11.4 Å². The van der Waals surface area contributed by atoms with Gasteiger partial charge < -0.3 is 4.42 Å². The molecule has 4 aromatic rings. The fourth-order valence-corrected chi connectivity index (χ4v) is 2.83. The fourth-order valence-electron chi connectivity index (χ4n) is 2.39. The second-order valence-corrected chi connectivity index (χ2v) is 5.63. The largest absolute Gasteiger partial charge is 0.456 e. The maximum Gasteiger partial charge on any atom is 0.200 e. The van der Waals surface area contributed by atoms with Crippen LogP contribution in [0.15, 0.2) is 50.5 Å². The standard InChI is InChI=1S/C15H10N4O2S.Na/c1-22-9-3-5-12-11(7-9)14(20)10-4-2-8(6-13(10)21-12)15-16-18-19-17-15;/h2-7H,1H3,(H,16,17,18,19);. The minimum atomic E-state index is -0.0330. The molecule has 2 aromatic heterocycles. The molecule has 0 unspecified atom stereocenters. The molecule has 8 heteroatoms. The van der Waals surface area contributed by atoms with E-state index in [0.717, 1.165) is 10.5 Å². The van der Waals surface area contributed by atoms with Crippen LogP contribution in [0.2, 0.25) is 0 Å². The minimum Gasteiger partial charge on any atom is -0.456 e. The summed E-state index contributed by atoms with van der Waals surface area (Å²) < 4.78 is 5.87. The maximum absolute atomic E-state index is 12.6. The molecule has 109 valence electrons. The van der Waals surface area contributed by atoms with Crippen LogP contribution >= 0.6 is 11.8 Å². The van der Waals surface area contributed by atoms with Gasteiger partial charge in [-0.25, -0.2) is 5.10 Å². The summed E-state index contributed by atoms with van der Waals surface area (Å²) in [6, 6.07) is 10.9. The molecule has 2 heterocycles. The molecular weight excluding hydrogens is 323 g/mol. The molecule has 0 saturated heterocycles. The Hall–Kier alpha value is -1.67. The fraction of sp³-hybridized carbons (Fsp3) is 0.0667. The number of H-pyrrole nitrogens is 1. The van der Waals surface area contributed by atoms with E-state index in [4.69, 9.17) is 4.42 Å². The van der Waals surface area contributed by atoms with Gasteiger partial charge in [0.15, 0.2) is 5.82 Å². The molecule has 1 radical (unpaired) electrons. The monoisotopic (exact) mass is 333 g/mol. The molecule has 23 heavy (non-hydrogen) atoms. The number of rotatable bonds is 2. The predicted octanol–water partition coefficient (Wildman–Crippen LogP) is 2.47. The zero-order chi connectivity index (χ0) is 15.1. The van der Waals surface area contributed by atoms with Gasteiger partial charge in [0.1, 0.15) is 11.2 Å². The first kappa shape index (κ1) is 16.2. The van der Waals surface area contributed by atoms with Crippen molar-refractivity contribution in [3.63, 3.8) is 0 Å². The molecule has 0 spiro atoms. The predicted molar refractivity (Wildman–Crippen MR) is 90.7 cm³/mol. The molecule has 0 aliphatic heterocycles. The van der Waals surface area contributed by atoms with Crippen molar-refractivity contribution in [1.29, 1.82) is 0 Å². The number of aromatic nitrogens is 4. The number of nitrogens with one attached hydrogen (secondary N) is 1. The van der Waals surface area contributed by atoms with Crippen molar-refractivity contribution in [2.45, 2.75) is 4.90 Å². The van der Waals surface area contributed by atoms with Gasteiger partial charge in [-0.1, -0.05) is 6.07 Å². The Balaban J connectivity index is 0.00000156. The molecule has 1 N–H and O–H groups in total. The third kappa shape index (κ3) is 2.81. The van der Waals surface area contributed by atoms with Gasteiger partial charge in [0.2, 0.25) is 5.43 Å². The van der Waals surface area contributed by atoms with Gasteiger partial charge >= 0.3 is 0 Å². The molecule has 0 fully saturated rings. The zero-order valence-corrected chi connectivity index (χ0v) is 15.3. The van der Waals surface area contributed by atoms with Crippen LogP contribution in [0.1, 0.15) is 0 Å². The van der Waals surface area contributed by atoms with Gasteiger partial charge in [0.25, 0.3) is 0 Å². The van der Waals surface area contributed by atoms with E-state index < -0.39 is 0 Å². The van der Waals surface area contributed by atoms with Gasteiger partial charge in [0, 0.05) is 40.0 Å². The number of tetrazole rings is 1. The van der Waals surface area contributed by atoms with Crippen molar-refractivity contribution in [2.75, 3.05) is 6.26 Å². The molecule has 0 amide bonds. The molecule has 2 aromatic carbocycles. The molecule has 0 aliphatic carbocycles.